The quantitative estimate of drug-likeness (QED) is 0.823. The van der Waals surface area contributed by atoms with Crippen LogP contribution in [0.5, 0.6) is 0 Å². The number of aryl methyl sites for hydroxylation is 2. The van der Waals surface area contributed by atoms with Crippen LogP contribution in [0.3, 0.4) is 0 Å². The van der Waals surface area contributed by atoms with E-state index in [0.29, 0.717) is 6.42 Å². The van der Waals surface area contributed by atoms with Crippen molar-refractivity contribution in [1.82, 2.24) is 4.98 Å². The number of benzene rings is 1. The number of fused-ring (bicyclic) bond motifs is 2. The van der Waals surface area contributed by atoms with Crippen LogP contribution in [0.1, 0.15) is 23.1 Å². The van der Waals surface area contributed by atoms with E-state index in [0.717, 1.165) is 17.5 Å². The van der Waals surface area contributed by atoms with Crippen LogP contribution >= 0.6 is 0 Å². The molecule has 0 spiro atoms. The molecule has 1 aromatic heterocycles. The van der Waals surface area contributed by atoms with Gasteiger partial charge in [-0.05, 0) is 48.1 Å². The standard InChI is InChI=1S/C15H18N2O2/c1-19-15(18)13(16)6-11-8-17-14-7-10-4-2-3-9(10)5-12(11)14/h5,7-8,13,17H,2-4,6,16H2,1H3. The largest absolute Gasteiger partial charge is 0.468 e. The van der Waals surface area contributed by atoms with Crippen LogP contribution in [0.25, 0.3) is 10.9 Å². The Morgan fingerprint density at radius 1 is 1.42 bits per heavy atom. The number of hydrogen-bond donors (Lipinski definition) is 2. The Morgan fingerprint density at radius 3 is 2.89 bits per heavy atom. The SMILES string of the molecule is COC(=O)C(N)Cc1c[nH]c2cc3c(cc12)CCC3. The molecule has 0 saturated carbocycles. The Bertz CT molecular complexity index is 630. The third-order valence-electron chi connectivity index (χ3n) is 3.92. The highest BCUT2D eigenvalue weighted by atomic mass is 16.5. The smallest absolute Gasteiger partial charge is 0.322 e. The van der Waals surface area contributed by atoms with Crippen molar-refractivity contribution < 1.29 is 9.53 Å². The minimum Gasteiger partial charge on any atom is -0.468 e. The number of nitrogens with one attached hydrogen (secondary N) is 1. The van der Waals surface area contributed by atoms with Crippen LogP contribution in [0.15, 0.2) is 18.3 Å². The average Bonchev–Trinajstić information content (AvgIpc) is 3.02. The lowest BCUT2D eigenvalue weighted by atomic mass is 10.0. The number of ether oxygens (including phenoxy) is 1. The summed E-state index contributed by atoms with van der Waals surface area (Å²) >= 11 is 0. The number of esters is 1. The first-order valence-corrected chi connectivity index (χ1v) is 6.64. The van der Waals surface area contributed by atoms with Crippen LogP contribution in [0, 0.1) is 0 Å². The molecule has 3 rings (SSSR count). The first-order chi connectivity index (χ1) is 9.19. The Kier molecular flexibility index (Phi) is 3.03. The molecule has 0 fully saturated rings. The summed E-state index contributed by atoms with van der Waals surface area (Å²) in [5, 5.41) is 1.18. The molecule has 0 amide bonds. The molecular formula is C15H18N2O2. The first kappa shape index (κ1) is 12.2. The normalized spacial score (nSPS) is 15.5. The van der Waals surface area contributed by atoms with E-state index in [9.17, 15) is 4.79 Å². The topological polar surface area (TPSA) is 68.1 Å². The summed E-state index contributed by atoms with van der Waals surface area (Å²) in [5.74, 6) is -0.365. The van der Waals surface area contributed by atoms with E-state index in [2.05, 4.69) is 21.9 Å². The number of carbonyl (C=O) groups is 1. The molecule has 3 N–H and O–H groups in total. The third kappa shape index (κ3) is 2.12. The van der Waals surface area contributed by atoms with Crippen molar-refractivity contribution in [2.75, 3.05) is 7.11 Å². The van der Waals surface area contributed by atoms with Gasteiger partial charge in [0.15, 0.2) is 0 Å². The number of H-pyrrole nitrogens is 1. The first-order valence-electron chi connectivity index (χ1n) is 6.64. The second-order valence-corrected chi connectivity index (χ2v) is 5.17. The summed E-state index contributed by atoms with van der Waals surface area (Å²) in [7, 11) is 1.37. The summed E-state index contributed by atoms with van der Waals surface area (Å²) in [4.78, 5) is 14.7. The number of methoxy groups -OCH3 is 1. The molecule has 1 atom stereocenters. The molecule has 4 nitrogen and oxygen atoms in total. The summed E-state index contributed by atoms with van der Waals surface area (Å²) in [6, 6.07) is 3.87. The van der Waals surface area contributed by atoms with E-state index in [1.165, 1.54) is 36.5 Å². The van der Waals surface area contributed by atoms with Gasteiger partial charge in [-0.25, -0.2) is 0 Å². The van der Waals surface area contributed by atoms with Gasteiger partial charge in [-0.15, -0.1) is 0 Å². The maximum absolute atomic E-state index is 11.4. The number of rotatable bonds is 3. The molecule has 1 aromatic carbocycles. The fraction of sp³-hybridized carbons (Fsp3) is 0.400. The molecule has 1 heterocycles. The molecule has 1 aliphatic rings. The van der Waals surface area contributed by atoms with Gasteiger partial charge in [-0.1, -0.05) is 0 Å². The lowest BCUT2D eigenvalue weighted by Crippen LogP contribution is -2.33. The zero-order chi connectivity index (χ0) is 13.4. The monoisotopic (exact) mass is 258 g/mol. The highest BCUT2D eigenvalue weighted by molar-refractivity contribution is 5.86. The molecule has 19 heavy (non-hydrogen) atoms. The van der Waals surface area contributed by atoms with E-state index >= 15 is 0 Å². The predicted octanol–water partition coefficient (Wildman–Crippen LogP) is 1.70. The lowest BCUT2D eigenvalue weighted by Gasteiger charge is -2.08. The van der Waals surface area contributed by atoms with Gasteiger partial charge in [0.25, 0.3) is 0 Å². The van der Waals surface area contributed by atoms with Gasteiger partial charge in [-0.3, -0.25) is 4.79 Å². The second-order valence-electron chi connectivity index (χ2n) is 5.17. The lowest BCUT2D eigenvalue weighted by molar-refractivity contribution is -0.142. The van der Waals surface area contributed by atoms with Crippen LogP contribution in [0.4, 0.5) is 0 Å². The van der Waals surface area contributed by atoms with Crippen LogP contribution < -0.4 is 5.73 Å². The highest BCUT2D eigenvalue weighted by Crippen LogP contribution is 2.29. The van der Waals surface area contributed by atoms with Gasteiger partial charge in [-0.2, -0.15) is 0 Å². The third-order valence-corrected chi connectivity index (χ3v) is 3.92. The van der Waals surface area contributed by atoms with Crippen molar-refractivity contribution in [3.05, 3.63) is 35.0 Å². The fourth-order valence-corrected chi connectivity index (χ4v) is 2.89. The van der Waals surface area contributed by atoms with Gasteiger partial charge in [0.2, 0.25) is 0 Å². The molecule has 1 aliphatic carbocycles. The minimum absolute atomic E-state index is 0.365. The summed E-state index contributed by atoms with van der Waals surface area (Å²) in [5.41, 5.74) is 10.9. The summed E-state index contributed by atoms with van der Waals surface area (Å²) in [6.07, 6.45) is 6.01. The minimum atomic E-state index is -0.600. The van der Waals surface area contributed by atoms with E-state index in [4.69, 9.17) is 5.73 Å². The van der Waals surface area contributed by atoms with E-state index < -0.39 is 6.04 Å². The van der Waals surface area contributed by atoms with Gasteiger partial charge in [0.1, 0.15) is 6.04 Å². The van der Waals surface area contributed by atoms with E-state index in [-0.39, 0.29) is 5.97 Å². The maximum Gasteiger partial charge on any atom is 0.322 e. The Balaban J connectivity index is 1.94. The number of hydrogen-bond acceptors (Lipinski definition) is 3. The van der Waals surface area contributed by atoms with Crippen molar-refractivity contribution >= 4 is 16.9 Å². The average molecular weight is 258 g/mol. The van der Waals surface area contributed by atoms with Crippen molar-refractivity contribution in [1.29, 1.82) is 0 Å². The Morgan fingerprint density at radius 2 is 2.16 bits per heavy atom. The van der Waals surface area contributed by atoms with Crippen LogP contribution in [0.2, 0.25) is 0 Å². The molecule has 0 bridgehead atoms. The van der Waals surface area contributed by atoms with Crippen LogP contribution in [-0.2, 0) is 28.8 Å². The molecule has 0 aliphatic heterocycles. The second kappa shape index (κ2) is 4.70. The summed E-state index contributed by atoms with van der Waals surface area (Å²) < 4.78 is 4.67. The molecule has 4 heteroatoms. The van der Waals surface area contributed by atoms with Gasteiger partial charge in [0, 0.05) is 23.5 Å². The number of aromatic amines is 1. The molecular weight excluding hydrogens is 240 g/mol. The van der Waals surface area contributed by atoms with Crippen LogP contribution in [-0.4, -0.2) is 24.1 Å². The zero-order valence-electron chi connectivity index (χ0n) is 11.0. The molecule has 1 unspecified atom stereocenters. The Hall–Kier alpha value is -1.81. The predicted molar refractivity (Wildman–Crippen MR) is 74.0 cm³/mol. The van der Waals surface area contributed by atoms with Crippen molar-refractivity contribution in [3.8, 4) is 0 Å². The molecule has 0 radical (unpaired) electrons. The van der Waals surface area contributed by atoms with Crippen molar-refractivity contribution in [3.63, 3.8) is 0 Å². The Labute approximate surface area is 111 Å². The molecule has 0 saturated heterocycles. The summed E-state index contributed by atoms with van der Waals surface area (Å²) in [6.45, 7) is 0. The van der Waals surface area contributed by atoms with Gasteiger partial charge < -0.3 is 15.5 Å². The highest BCUT2D eigenvalue weighted by Gasteiger charge is 2.18. The van der Waals surface area contributed by atoms with E-state index in [1.807, 2.05) is 6.20 Å². The molecule has 100 valence electrons. The van der Waals surface area contributed by atoms with Gasteiger partial charge >= 0.3 is 5.97 Å². The zero-order valence-corrected chi connectivity index (χ0v) is 11.0. The molecule has 2 aromatic rings. The number of nitrogens with two attached hydrogens (primary N) is 1. The number of aromatic nitrogens is 1. The maximum atomic E-state index is 11.4. The number of carbonyl (C=O) groups excluding carboxylic acids is 1. The van der Waals surface area contributed by atoms with Crippen molar-refractivity contribution in [2.45, 2.75) is 31.7 Å². The fourth-order valence-electron chi connectivity index (χ4n) is 2.89. The van der Waals surface area contributed by atoms with Gasteiger partial charge in [0.05, 0.1) is 7.11 Å². The van der Waals surface area contributed by atoms with Crippen molar-refractivity contribution in [2.24, 2.45) is 5.73 Å². The van der Waals surface area contributed by atoms with E-state index in [1.54, 1.807) is 0 Å².